The molecule has 0 aromatic carbocycles. The van der Waals surface area contributed by atoms with Gasteiger partial charge in [-0.05, 0) is 37.7 Å². The maximum atomic E-state index is 10.6. The zero-order valence-corrected chi connectivity index (χ0v) is 12.5. The fourth-order valence-corrected chi connectivity index (χ4v) is 2.30. The van der Waals surface area contributed by atoms with Crippen molar-refractivity contribution in [3.63, 3.8) is 0 Å². The lowest BCUT2D eigenvalue weighted by molar-refractivity contribution is -0.152. The van der Waals surface area contributed by atoms with Crippen LogP contribution >= 0.6 is 0 Å². The topological polar surface area (TPSA) is 173 Å². The monoisotopic (exact) mass is 342 g/mol. The molecule has 132 valence electrons. The van der Waals surface area contributed by atoms with Gasteiger partial charge in [0.25, 0.3) is 0 Å². The molecule has 2 aliphatic heterocycles. The van der Waals surface area contributed by atoms with Gasteiger partial charge in [-0.25, -0.2) is 9.59 Å². The summed E-state index contributed by atoms with van der Waals surface area (Å²) in [6, 6.07) is -2.07. The van der Waals surface area contributed by atoms with Crippen molar-refractivity contribution in [2.45, 2.75) is 24.9 Å². The van der Waals surface area contributed by atoms with Gasteiger partial charge in [0.05, 0.1) is 11.5 Å². The molecule has 0 aromatic rings. The molecule has 0 radical (unpaired) electrons. The van der Waals surface area contributed by atoms with Crippen molar-refractivity contribution < 1.29 is 39.6 Å². The van der Waals surface area contributed by atoms with Crippen LogP contribution in [0.15, 0.2) is 23.9 Å². The standard InChI is InChI=1S/C7H11NO4.C7H7NO4/c2*9-6(10)4-2-1-3-8-5(4)7(11)12/h4-5,8H,1-3H2,(H,9,10)(H,11,12);1-3,5,8H,(H,9,10)(H,11,12). The average molecular weight is 342 g/mol. The Hall–Kier alpha value is -2.88. The highest BCUT2D eigenvalue weighted by Gasteiger charge is 2.35. The van der Waals surface area contributed by atoms with Crippen LogP contribution in [0.4, 0.5) is 0 Å². The summed E-state index contributed by atoms with van der Waals surface area (Å²) in [7, 11) is 0. The summed E-state index contributed by atoms with van der Waals surface area (Å²) in [6.45, 7) is 0.584. The van der Waals surface area contributed by atoms with Crippen LogP contribution < -0.4 is 10.6 Å². The van der Waals surface area contributed by atoms with Crippen LogP contribution in [0.25, 0.3) is 0 Å². The van der Waals surface area contributed by atoms with E-state index in [4.69, 9.17) is 20.4 Å². The van der Waals surface area contributed by atoms with Gasteiger partial charge in [-0.3, -0.25) is 9.59 Å². The van der Waals surface area contributed by atoms with E-state index >= 15 is 0 Å². The van der Waals surface area contributed by atoms with Crippen LogP contribution in [0.1, 0.15) is 12.8 Å². The van der Waals surface area contributed by atoms with Crippen molar-refractivity contribution in [2.75, 3.05) is 6.54 Å². The third kappa shape index (κ3) is 5.09. The molecule has 0 amide bonds. The molecule has 0 saturated carbocycles. The van der Waals surface area contributed by atoms with E-state index < -0.39 is 41.9 Å². The maximum Gasteiger partial charge on any atom is 0.334 e. The summed E-state index contributed by atoms with van der Waals surface area (Å²) in [4.78, 5) is 42.0. The molecular weight excluding hydrogens is 324 g/mol. The van der Waals surface area contributed by atoms with Gasteiger partial charge in [0.1, 0.15) is 6.04 Å². The van der Waals surface area contributed by atoms with E-state index in [0.29, 0.717) is 13.0 Å². The summed E-state index contributed by atoms with van der Waals surface area (Å²) in [5, 5.41) is 39.5. The fourth-order valence-electron chi connectivity index (χ4n) is 2.30. The number of rotatable bonds is 4. The number of carboxylic acids is 4. The summed E-state index contributed by atoms with van der Waals surface area (Å²) in [6.07, 6.45) is 5.27. The first-order valence-electron chi connectivity index (χ1n) is 7.03. The number of carbonyl (C=O) groups is 4. The van der Waals surface area contributed by atoms with E-state index in [0.717, 1.165) is 6.42 Å². The first kappa shape index (κ1) is 19.2. The van der Waals surface area contributed by atoms with Crippen molar-refractivity contribution in [3.05, 3.63) is 23.9 Å². The smallest absolute Gasteiger partial charge is 0.334 e. The Bertz CT molecular complexity index is 561. The quantitative estimate of drug-likeness (QED) is 0.375. The van der Waals surface area contributed by atoms with Gasteiger partial charge in [-0.2, -0.15) is 0 Å². The predicted octanol–water partition coefficient (Wildman–Crippen LogP) is -0.909. The van der Waals surface area contributed by atoms with Crippen LogP contribution in [0.2, 0.25) is 0 Å². The second-order valence-corrected chi connectivity index (χ2v) is 5.08. The van der Waals surface area contributed by atoms with Crippen LogP contribution in [0, 0.1) is 5.92 Å². The molecule has 0 aromatic heterocycles. The van der Waals surface area contributed by atoms with Gasteiger partial charge < -0.3 is 31.1 Å². The maximum absolute atomic E-state index is 10.6. The molecule has 0 spiro atoms. The Morgan fingerprint density at radius 1 is 1.00 bits per heavy atom. The first-order chi connectivity index (χ1) is 11.3. The normalized spacial score (nSPS) is 25.3. The molecule has 3 atom stereocenters. The van der Waals surface area contributed by atoms with Crippen LogP contribution in [0.5, 0.6) is 0 Å². The molecular formula is C14H18N2O8. The number of hydrogen-bond donors (Lipinski definition) is 6. The SMILES string of the molecule is O=C(O)C1=CC=CNC1C(=O)O.O=C(O)C1CCCNC1C(=O)O. The van der Waals surface area contributed by atoms with Gasteiger partial charge in [-0.15, -0.1) is 0 Å². The molecule has 24 heavy (non-hydrogen) atoms. The molecule has 2 aliphatic rings. The number of aliphatic carboxylic acids is 4. The number of dihydropyridines is 1. The third-order valence-electron chi connectivity index (χ3n) is 3.48. The number of hydrogen-bond acceptors (Lipinski definition) is 6. The highest BCUT2D eigenvalue weighted by molar-refractivity contribution is 5.96. The molecule has 10 heteroatoms. The third-order valence-corrected chi connectivity index (χ3v) is 3.48. The lowest BCUT2D eigenvalue weighted by atomic mass is 9.91. The number of carboxylic acid groups (broad SMARTS) is 4. The summed E-state index contributed by atoms with van der Waals surface area (Å²) in [5.74, 6) is -5.32. The van der Waals surface area contributed by atoms with Crippen molar-refractivity contribution in [2.24, 2.45) is 5.92 Å². The van der Waals surface area contributed by atoms with Crippen LogP contribution in [0.3, 0.4) is 0 Å². The fraction of sp³-hybridized carbons (Fsp3) is 0.429. The number of piperidine rings is 1. The Labute approximate surface area is 136 Å². The highest BCUT2D eigenvalue weighted by atomic mass is 16.4. The average Bonchev–Trinajstić information content (AvgIpc) is 2.55. The minimum atomic E-state index is -1.22. The van der Waals surface area contributed by atoms with E-state index in [1.165, 1.54) is 18.4 Å². The Morgan fingerprint density at radius 3 is 2.08 bits per heavy atom. The van der Waals surface area contributed by atoms with Crippen molar-refractivity contribution in [1.82, 2.24) is 10.6 Å². The molecule has 0 bridgehead atoms. The van der Waals surface area contributed by atoms with Crippen molar-refractivity contribution in [3.8, 4) is 0 Å². The summed E-state index contributed by atoms with van der Waals surface area (Å²) in [5.41, 5.74) is -0.162. The molecule has 2 rings (SSSR count). The molecule has 0 aliphatic carbocycles. The lowest BCUT2D eigenvalue weighted by Crippen LogP contribution is -2.49. The minimum Gasteiger partial charge on any atom is -0.481 e. The van der Waals surface area contributed by atoms with Crippen LogP contribution in [-0.4, -0.2) is 62.9 Å². The highest BCUT2D eigenvalue weighted by Crippen LogP contribution is 2.16. The van der Waals surface area contributed by atoms with Gasteiger partial charge in [0.15, 0.2) is 6.04 Å². The zero-order valence-electron chi connectivity index (χ0n) is 12.5. The molecule has 1 saturated heterocycles. The molecule has 2 heterocycles. The largest absolute Gasteiger partial charge is 0.481 e. The van der Waals surface area contributed by atoms with E-state index in [9.17, 15) is 19.2 Å². The summed E-state index contributed by atoms with van der Waals surface area (Å²) >= 11 is 0. The van der Waals surface area contributed by atoms with Crippen LogP contribution in [-0.2, 0) is 19.2 Å². The lowest BCUT2D eigenvalue weighted by Gasteiger charge is -2.26. The van der Waals surface area contributed by atoms with Gasteiger partial charge in [0.2, 0.25) is 0 Å². The Morgan fingerprint density at radius 2 is 1.67 bits per heavy atom. The second-order valence-electron chi connectivity index (χ2n) is 5.08. The summed E-state index contributed by atoms with van der Waals surface area (Å²) < 4.78 is 0. The molecule has 3 unspecified atom stereocenters. The van der Waals surface area contributed by atoms with E-state index in [2.05, 4.69) is 10.6 Å². The van der Waals surface area contributed by atoms with E-state index in [1.54, 1.807) is 0 Å². The van der Waals surface area contributed by atoms with Gasteiger partial charge in [0, 0.05) is 0 Å². The predicted molar refractivity (Wildman–Crippen MR) is 79.2 cm³/mol. The minimum absolute atomic E-state index is 0.162. The molecule has 1 fully saturated rings. The van der Waals surface area contributed by atoms with Gasteiger partial charge in [-0.1, -0.05) is 0 Å². The second kappa shape index (κ2) is 8.67. The first-order valence-corrected chi connectivity index (χ1v) is 7.03. The van der Waals surface area contributed by atoms with E-state index in [-0.39, 0.29) is 5.57 Å². The zero-order chi connectivity index (χ0) is 18.3. The van der Waals surface area contributed by atoms with Crippen molar-refractivity contribution in [1.29, 1.82) is 0 Å². The van der Waals surface area contributed by atoms with Crippen molar-refractivity contribution >= 4 is 23.9 Å². The molecule has 10 nitrogen and oxygen atoms in total. The van der Waals surface area contributed by atoms with Gasteiger partial charge >= 0.3 is 23.9 Å². The number of nitrogens with one attached hydrogen (secondary N) is 2. The van der Waals surface area contributed by atoms with E-state index in [1.807, 2.05) is 0 Å². The number of allylic oxidation sites excluding steroid dienone is 2. The Balaban J connectivity index is 0.000000240. The molecule has 6 N–H and O–H groups in total. The Kier molecular flexibility index (Phi) is 6.93.